The second kappa shape index (κ2) is 4.72. The Labute approximate surface area is 114 Å². The smallest absolute Gasteiger partial charge is 0.132 e. The van der Waals surface area contributed by atoms with Crippen LogP contribution >= 0.6 is 0 Å². The van der Waals surface area contributed by atoms with Crippen LogP contribution in [0.3, 0.4) is 0 Å². The lowest BCUT2D eigenvalue weighted by atomic mass is 9.98. The molecule has 0 spiro atoms. The maximum absolute atomic E-state index is 4.78. The second-order valence-corrected chi connectivity index (χ2v) is 5.65. The number of fused-ring (bicyclic) bond motifs is 1. The summed E-state index contributed by atoms with van der Waals surface area (Å²) in [5, 5.41) is 8.32. The van der Waals surface area contributed by atoms with E-state index in [0.717, 1.165) is 18.7 Å². The van der Waals surface area contributed by atoms with Crippen LogP contribution in [-0.2, 0) is 0 Å². The molecule has 1 N–H and O–H groups in total. The third kappa shape index (κ3) is 2.03. The van der Waals surface area contributed by atoms with Gasteiger partial charge in [0.15, 0.2) is 0 Å². The van der Waals surface area contributed by atoms with E-state index < -0.39 is 0 Å². The van der Waals surface area contributed by atoms with Crippen molar-refractivity contribution in [2.75, 3.05) is 11.9 Å². The Hall–Kier alpha value is -1.77. The molecule has 0 amide bonds. The third-order valence-electron chi connectivity index (χ3n) is 3.96. The van der Waals surface area contributed by atoms with Crippen LogP contribution in [0.4, 0.5) is 5.82 Å². The number of nitrogens with one attached hydrogen (secondary N) is 1. The first-order valence-corrected chi connectivity index (χ1v) is 7.07. The Bertz CT molecular complexity index is 569. The number of hydrogen-bond donors (Lipinski definition) is 1. The summed E-state index contributed by atoms with van der Waals surface area (Å²) in [5.74, 6) is 1.80. The predicted octanol–water partition coefficient (Wildman–Crippen LogP) is 3.87. The Kier molecular flexibility index (Phi) is 3.05. The monoisotopic (exact) mass is 255 g/mol. The fourth-order valence-electron chi connectivity index (χ4n) is 2.98. The summed E-state index contributed by atoms with van der Waals surface area (Å²) in [5.41, 5.74) is 3.62. The lowest BCUT2D eigenvalue weighted by Gasteiger charge is -2.29. The average molecular weight is 255 g/mol. The van der Waals surface area contributed by atoms with E-state index in [-0.39, 0.29) is 0 Å². The van der Waals surface area contributed by atoms with Crippen LogP contribution in [0.2, 0.25) is 0 Å². The lowest BCUT2D eigenvalue weighted by molar-refractivity contribution is 0.322. The van der Waals surface area contributed by atoms with E-state index in [4.69, 9.17) is 5.10 Å². The highest BCUT2D eigenvalue weighted by atomic mass is 15.4. The first kappa shape index (κ1) is 12.3. The maximum Gasteiger partial charge on any atom is 0.132 e. The summed E-state index contributed by atoms with van der Waals surface area (Å²) in [6, 6.07) is 11.0. The first-order chi connectivity index (χ1) is 9.18. The van der Waals surface area contributed by atoms with Gasteiger partial charge < -0.3 is 5.32 Å². The van der Waals surface area contributed by atoms with Gasteiger partial charge >= 0.3 is 0 Å². The van der Waals surface area contributed by atoms with Crippen LogP contribution in [0, 0.1) is 12.8 Å². The van der Waals surface area contributed by atoms with Crippen LogP contribution in [0.5, 0.6) is 0 Å². The van der Waals surface area contributed by atoms with E-state index in [2.05, 4.69) is 61.1 Å². The van der Waals surface area contributed by atoms with Crippen LogP contribution in [-0.4, -0.2) is 16.3 Å². The molecule has 2 aromatic rings. The van der Waals surface area contributed by atoms with Gasteiger partial charge in [-0.05, 0) is 24.8 Å². The Balaban J connectivity index is 2.13. The van der Waals surface area contributed by atoms with Crippen molar-refractivity contribution >= 4 is 5.82 Å². The highest BCUT2D eigenvalue weighted by Crippen LogP contribution is 2.38. The minimum absolute atomic E-state index is 0.507. The molecule has 1 aliphatic rings. The number of rotatable bonds is 2. The zero-order chi connectivity index (χ0) is 13.4. The van der Waals surface area contributed by atoms with Crippen LogP contribution < -0.4 is 5.32 Å². The van der Waals surface area contributed by atoms with Crippen molar-refractivity contribution < 1.29 is 0 Å². The topological polar surface area (TPSA) is 29.9 Å². The number of aryl methyl sites for hydroxylation is 1. The van der Waals surface area contributed by atoms with Gasteiger partial charge in [-0.3, -0.25) is 0 Å². The minimum atomic E-state index is 0.507. The van der Waals surface area contributed by atoms with Gasteiger partial charge in [-0.1, -0.05) is 44.2 Å². The van der Waals surface area contributed by atoms with Crippen molar-refractivity contribution in [3.05, 3.63) is 36.0 Å². The van der Waals surface area contributed by atoms with E-state index in [1.807, 2.05) is 0 Å². The molecule has 0 radical (unpaired) electrons. The Morgan fingerprint density at radius 3 is 2.68 bits per heavy atom. The van der Waals surface area contributed by atoms with E-state index in [0.29, 0.717) is 12.0 Å². The third-order valence-corrected chi connectivity index (χ3v) is 3.96. The van der Waals surface area contributed by atoms with Gasteiger partial charge in [0.1, 0.15) is 5.82 Å². The van der Waals surface area contributed by atoms with Gasteiger partial charge in [0.05, 0.1) is 11.7 Å². The normalized spacial score (nSPS) is 18.2. The molecule has 3 nitrogen and oxygen atoms in total. The maximum atomic E-state index is 4.78. The number of benzene rings is 1. The fourth-order valence-corrected chi connectivity index (χ4v) is 2.98. The Morgan fingerprint density at radius 1 is 1.26 bits per heavy atom. The molecule has 0 bridgehead atoms. The van der Waals surface area contributed by atoms with Crippen LogP contribution in [0.15, 0.2) is 30.3 Å². The number of aromatic nitrogens is 2. The van der Waals surface area contributed by atoms with Gasteiger partial charge in [0.2, 0.25) is 0 Å². The molecule has 2 heterocycles. The molecule has 0 aliphatic carbocycles. The van der Waals surface area contributed by atoms with Gasteiger partial charge in [0, 0.05) is 12.1 Å². The molecule has 1 atom stereocenters. The molecule has 1 aromatic heterocycles. The average Bonchev–Trinajstić information content (AvgIpc) is 2.75. The SMILES string of the molecule is Cc1nn2c(c1-c1ccccc1)NCCC2C(C)C. The summed E-state index contributed by atoms with van der Waals surface area (Å²) in [4.78, 5) is 0. The standard InChI is InChI=1S/C16H21N3/c1-11(2)14-9-10-17-16-15(12(3)18-19(14)16)13-7-5-4-6-8-13/h4-8,11,14,17H,9-10H2,1-3H3. The molecule has 100 valence electrons. The van der Waals surface area contributed by atoms with Gasteiger partial charge in [-0.2, -0.15) is 5.10 Å². The fraction of sp³-hybridized carbons (Fsp3) is 0.438. The summed E-state index contributed by atoms with van der Waals surface area (Å²) in [6.07, 6.45) is 1.15. The first-order valence-electron chi connectivity index (χ1n) is 7.07. The summed E-state index contributed by atoms with van der Waals surface area (Å²) < 4.78 is 2.20. The highest BCUT2D eigenvalue weighted by molar-refractivity contribution is 5.78. The molecule has 3 rings (SSSR count). The molecular formula is C16H21N3. The van der Waals surface area contributed by atoms with Crippen molar-refractivity contribution in [2.24, 2.45) is 5.92 Å². The van der Waals surface area contributed by atoms with E-state index in [1.54, 1.807) is 0 Å². The van der Waals surface area contributed by atoms with E-state index in [9.17, 15) is 0 Å². The van der Waals surface area contributed by atoms with E-state index in [1.165, 1.54) is 16.9 Å². The van der Waals surface area contributed by atoms with Crippen molar-refractivity contribution in [1.82, 2.24) is 9.78 Å². The summed E-state index contributed by atoms with van der Waals surface area (Å²) in [7, 11) is 0. The molecule has 1 unspecified atom stereocenters. The molecule has 0 fully saturated rings. The van der Waals surface area contributed by atoms with Crippen LogP contribution in [0.1, 0.15) is 32.0 Å². The molecule has 1 aliphatic heterocycles. The number of hydrogen-bond acceptors (Lipinski definition) is 2. The van der Waals surface area contributed by atoms with Gasteiger partial charge in [-0.25, -0.2) is 4.68 Å². The van der Waals surface area contributed by atoms with Gasteiger partial charge in [0.25, 0.3) is 0 Å². The quantitative estimate of drug-likeness (QED) is 0.882. The van der Waals surface area contributed by atoms with Crippen molar-refractivity contribution in [1.29, 1.82) is 0 Å². The second-order valence-electron chi connectivity index (χ2n) is 5.65. The lowest BCUT2D eigenvalue weighted by Crippen LogP contribution is -2.27. The molecule has 19 heavy (non-hydrogen) atoms. The minimum Gasteiger partial charge on any atom is -0.370 e. The highest BCUT2D eigenvalue weighted by Gasteiger charge is 2.27. The largest absolute Gasteiger partial charge is 0.370 e. The molecule has 0 saturated heterocycles. The van der Waals surface area contributed by atoms with Crippen LogP contribution in [0.25, 0.3) is 11.1 Å². The molecular weight excluding hydrogens is 234 g/mol. The summed E-state index contributed by atoms with van der Waals surface area (Å²) in [6.45, 7) is 7.69. The Morgan fingerprint density at radius 2 is 2.00 bits per heavy atom. The van der Waals surface area contributed by atoms with Crippen molar-refractivity contribution in [3.8, 4) is 11.1 Å². The predicted molar refractivity (Wildman–Crippen MR) is 79.4 cm³/mol. The zero-order valence-electron chi connectivity index (χ0n) is 11.9. The zero-order valence-corrected chi connectivity index (χ0v) is 11.9. The number of anilines is 1. The number of nitrogens with zero attached hydrogens (tertiary/aromatic N) is 2. The van der Waals surface area contributed by atoms with Gasteiger partial charge in [-0.15, -0.1) is 0 Å². The molecule has 0 saturated carbocycles. The molecule has 3 heteroatoms. The van der Waals surface area contributed by atoms with Crippen molar-refractivity contribution in [3.63, 3.8) is 0 Å². The van der Waals surface area contributed by atoms with E-state index >= 15 is 0 Å². The van der Waals surface area contributed by atoms with Crippen molar-refractivity contribution in [2.45, 2.75) is 33.2 Å². The summed E-state index contributed by atoms with van der Waals surface area (Å²) >= 11 is 0. The molecule has 1 aromatic carbocycles.